The molecule has 0 aliphatic heterocycles. The number of benzene rings is 1. The van der Waals surface area contributed by atoms with Gasteiger partial charge in [0.05, 0.1) is 5.02 Å². The lowest BCUT2D eigenvalue weighted by Crippen LogP contribution is -2.13. The smallest absolute Gasteiger partial charge is 0.227 e. The van der Waals surface area contributed by atoms with E-state index in [0.29, 0.717) is 30.2 Å². The third kappa shape index (κ3) is 2.86. The molecule has 96 valence electrons. The molecule has 6 heteroatoms. The van der Waals surface area contributed by atoms with Gasteiger partial charge in [-0.15, -0.1) is 0 Å². The van der Waals surface area contributed by atoms with Crippen molar-refractivity contribution in [1.82, 2.24) is 10.1 Å². The maximum Gasteiger partial charge on any atom is 0.227 e. The Kier molecular flexibility index (Phi) is 3.93. The third-order valence-electron chi connectivity index (χ3n) is 2.57. The van der Waals surface area contributed by atoms with Crippen LogP contribution in [0.2, 0.25) is 5.02 Å². The molecule has 0 fully saturated rings. The molecule has 0 aliphatic carbocycles. The fraction of sp³-hybridized carbons (Fsp3) is 0.333. The maximum absolute atomic E-state index is 12.9. The number of hydrogen-bond donors (Lipinski definition) is 1. The van der Waals surface area contributed by atoms with Gasteiger partial charge in [-0.2, -0.15) is 4.98 Å². The molecule has 2 rings (SSSR count). The van der Waals surface area contributed by atoms with Crippen LogP contribution in [0.25, 0.3) is 11.4 Å². The van der Waals surface area contributed by atoms with Gasteiger partial charge in [-0.1, -0.05) is 23.7 Å². The fourth-order valence-electron chi connectivity index (χ4n) is 1.50. The van der Waals surface area contributed by atoms with Crippen LogP contribution in [0.3, 0.4) is 0 Å². The van der Waals surface area contributed by atoms with Crippen LogP contribution in [-0.4, -0.2) is 16.7 Å². The highest BCUT2D eigenvalue weighted by Gasteiger charge is 2.14. The van der Waals surface area contributed by atoms with E-state index in [1.165, 1.54) is 18.2 Å². The zero-order valence-corrected chi connectivity index (χ0v) is 10.6. The Morgan fingerprint density at radius 1 is 1.50 bits per heavy atom. The molecule has 1 atom stereocenters. The number of aromatic nitrogens is 2. The molecule has 0 bridgehead atoms. The first-order valence-corrected chi connectivity index (χ1v) is 5.96. The summed E-state index contributed by atoms with van der Waals surface area (Å²) in [5, 5.41) is 4.09. The van der Waals surface area contributed by atoms with Crippen LogP contribution in [0.15, 0.2) is 22.7 Å². The molecule has 2 aromatic rings. The van der Waals surface area contributed by atoms with Gasteiger partial charge in [-0.3, -0.25) is 0 Å². The molecule has 0 saturated carbocycles. The Morgan fingerprint density at radius 2 is 2.28 bits per heavy atom. The molecule has 0 amide bonds. The van der Waals surface area contributed by atoms with E-state index < -0.39 is 5.82 Å². The molecule has 2 N–H and O–H groups in total. The second kappa shape index (κ2) is 5.46. The summed E-state index contributed by atoms with van der Waals surface area (Å²) in [4.78, 5) is 4.22. The van der Waals surface area contributed by atoms with Crippen molar-refractivity contribution >= 4 is 11.6 Å². The largest absolute Gasteiger partial charge is 0.339 e. The van der Waals surface area contributed by atoms with Gasteiger partial charge in [-0.05, 0) is 30.7 Å². The predicted octanol–water partition coefficient (Wildman–Crippen LogP) is 2.67. The standard InChI is InChI=1S/C12H13ClFN3O/c1-7(6-15)4-11-16-12(17-18-11)9-3-2-8(14)5-10(9)13/h2-3,5,7H,4,6,15H2,1H3. The Labute approximate surface area is 109 Å². The van der Waals surface area contributed by atoms with E-state index in [0.717, 1.165) is 0 Å². The van der Waals surface area contributed by atoms with E-state index in [1.807, 2.05) is 6.92 Å². The van der Waals surface area contributed by atoms with Crippen molar-refractivity contribution in [3.05, 3.63) is 34.9 Å². The summed E-state index contributed by atoms with van der Waals surface area (Å²) in [6, 6.07) is 4.05. The number of nitrogens with zero attached hydrogens (tertiary/aromatic N) is 2. The molecule has 0 aliphatic rings. The first-order chi connectivity index (χ1) is 8.60. The molecule has 0 saturated heterocycles. The summed E-state index contributed by atoms with van der Waals surface area (Å²) in [5.74, 6) is 0.730. The summed E-state index contributed by atoms with van der Waals surface area (Å²) in [6.07, 6.45) is 0.613. The second-order valence-electron chi connectivity index (χ2n) is 4.18. The monoisotopic (exact) mass is 269 g/mol. The predicted molar refractivity (Wildman–Crippen MR) is 66.6 cm³/mol. The van der Waals surface area contributed by atoms with Crippen LogP contribution >= 0.6 is 11.6 Å². The zero-order chi connectivity index (χ0) is 13.1. The Morgan fingerprint density at radius 3 is 2.94 bits per heavy atom. The number of rotatable bonds is 4. The van der Waals surface area contributed by atoms with Crippen LogP contribution in [0.4, 0.5) is 4.39 Å². The summed E-state index contributed by atoms with van der Waals surface area (Å²) in [5.41, 5.74) is 6.08. The van der Waals surface area contributed by atoms with Gasteiger partial charge >= 0.3 is 0 Å². The zero-order valence-electron chi connectivity index (χ0n) is 9.86. The van der Waals surface area contributed by atoms with Gasteiger partial charge in [0, 0.05) is 12.0 Å². The van der Waals surface area contributed by atoms with Crippen molar-refractivity contribution in [2.24, 2.45) is 11.7 Å². The first kappa shape index (κ1) is 13.0. The molecule has 1 heterocycles. The van der Waals surface area contributed by atoms with Gasteiger partial charge < -0.3 is 10.3 Å². The van der Waals surface area contributed by atoms with Gasteiger partial charge in [0.25, 0.3) is 0 Å². The van der Waals surface area contributed by atoms with Gasteiger partial charge in [-0.25, -0.2) is 4.39 Å². The minimum absolute atomic E-state index is 0.259. The van der Waals surface area contributed by atoms with E-state index >= 15 is 0 Å². The second-order valence-corrected chi connectivity index (χ2v) is 4.59. The maximum atomic E-state index is 12.9. The average molecular weight is 270 g/mol. The minimum atomic E-state index is -0.399. The van der Waals surface area contributed by atoms with Crippen LogP contribution in [0.1, 0.15) is 12.8 Å². The van der Waals surface area contributed by atoms with Crippen LogP contribution in [-0.2, 0) is 6.42 Å². The molecule has 1 aromatic heterocycles. The van der Waals surface area contributed by atoms with Crippen molar-refractivity contribution < 1.29 is 8.91 Å². The highest BCUT2D eigenvalue weighted by Crippen LogP contribution is 2.26. The topological polar surface area (TPSA) is 64.9 Å². The van der Waals surface area contributed by atoms with E-state index in [1.54, 1.807) is 0 Å². The van der Waals surface area contributed by atoms with Crippen LogP contribution in [0.5, 0.6) is 0 Å². The van der Waals surface area contributed by atoms with Gasteiger partial charge in [0.15, 0.2) is 0 Å². The quantitative estimate of drug-likeness (QED) is 0.927. The molecular weight excluding hydrogens is 257 g/mol. The molecular formula is C12H13ClFN3O. The number of nitrogens with two attached hydrogens (primary N) is 1. The fourth-order valence-corrected chi connectivity index (χ4v) is 1.75. The Balaban J connectivity index is 2.24. The van der Waals surface area contributed by atoms with Crippen molar-refractivity contribution in [3.8, 4) is 11.4 Å². The molecule has 4 nitrogen and oxygen atoms in total. The van der Waals surface area contributed by atoms with Crippen molar-refractivity contribution in [3.63, 3.8) is 0 Å². The average Bonchev–Trinajstić information content (AvgIpc) is 2.77. The Bertz CT molecular complexity index is 544. The minimum Gasteiger partial charge on any atom is -0.339 e. The van der Waals surface area contributed by atoms with Crippen LogP contribution in [0, 0.1) is 11.7 Å². The van der Waals surface area contributed by atoms with Crippen LogP contribution < -0.4 is 5.73 Å². The number of hydrogen-bond acceptors (Lipinski definition) is 4. The highest BCUT2D eigenvalue weighted by molar-refractivity contribution is 6.33. The lowest BCUT2D eigenvalue weighted by atomic mass is 10.1. The van der Waals surface area contributed by atoms with Crippen molar-refractivity contribution in [2.75, 3.05) is 6.54 Å². The highest BCUT2D eigenvalue weighted by atomic mass is 35.5. The molecule has 1 aromatic carbocycles. The number of halogens is 2. The summed E-state index contributed by atoms with van der Waals surface area (Å²) in [6.45, 7) is 2.55. The third-order valence-corrected chi connectivity index (χ3v) is 2.88. The molecule has 0 radical (unpaired) electrons. The van der Waals surface area contributed by atoms with E-state index in [2.05, 4.69) is 10.1 Å². The lowest BCUT2D eigenvalue weighted by molar-refractivity contribution is 0.360. The molecule has 0 spiro atoms. The Hall–Kier alpha value is -1.46. The van der Waals surface area contributed by atoms with E-state index in [4.69, 9.17) is 21.9 Å². The SMILES string of the molecule is CC(CN)Cc1nc(-c2ccc(F)cc2Cl)no1. The lowest BCUT2D eigenvalue weighted by Gasteiger charge is -2.02. The van der Waals surface area contributed by atoms with Crippen molar-refractivity contribution in [1.29, 1.82) is 0 Å². The summed E-state index contributed by atoms with van der Waals surface area (Å²) in [7, 11) is 0. The normalized spacial score (nSPS) is 12.7. The van der Waals surface area contributed by atoms with Gasteiger partial charge in [0.1, 0.15) is 5.82 Å². The van der Waals surface area contributed by atoms with Gasteiger partial charge in [0.2, 0.25) is 11.7 Å². The summed E-state index contributed by atoms with van der Waals surface area (Å²) >= 11 is 5.92. The van der Waals surface area contributed by atoms with Crippen molar-refractivity contribution in [2.45, 2.75) is 13.3 Å². The van der Waals surface area contributed by atoms with E-state index in [9.17, 15) is 4.39 Å². The first-order valence-electron chi connectivity index (χ1n) is 5.58. The molecule has 18 heavy (non-hydrogen) atoms. The van der Waals surface area contributed by atoms with E-state index in [-0.39, 0.29) is 10.9 Å². The molecule has 1 unspecified atom stereocenters. The summed E-state index contributed by atoms with van der Waals surface area (Å²) < 4.78 is 18.0.